The summed E-state index contributed by atoms with van der Waals surface area (Å²) in [5, 5.41) is 0. The highest BCUT2D eigenvalue weighted by Crippen LogP contribution is 2.36. The molecule has 12 heteroatoms. The fourth-order valence-corrected chi connectivity index (χ4v) is 3.40. The summed E-state index contributed by atoms with van der Waals surface area (Å²) in [5.74, 6) is 0.652. The minimum Gasteiger partial charge on any atom is -0.399 e. The molecule has 5 rings (SSSR count). The first-order chi connectivity index (χ1) is 17.9. The molecule has 0 saturated carbocycles. The molecular weight excluding hydrogens is 547 g/mol. The maximum Gasteiger partial charge on any atom is 0.494 e. The average molecular weight is 579 g/mol. The average Bonchev–Trinajstić information content (AvgIpc) is 3.11. The van der Waals surface area contributed by atoms with Crippen LogP contribution in [0.2, 0.25) is 0 Å². The third kappa shape index (κ3) is 7.40. The fourth-order valence-electron chi connectivity index (χ4n) is 3.16. The van der Waals surface area contributed by atoms with Crippen LogP contribution < -0.4 is 28.4 Å². The van der Waals surface area contributed by atoms with Crippen molar-refractivity contribution in [2.45, 2.75) is 38.9 Å². The van der Waals surface area contributed by atoms with Crippen LogP contribution in [0.1, 0.15) is 27.7 Å². The second-order valence-electron chi connectivity index (χ2n) is 9.41. The summed E-state index contributed by atoms with van der Waals surface area (Å²) in [5.41, 5.74) is 26.1. The Bertz CT molecular complexity index is 1330. The Morgan fingerprint density at radius 1 is 0.658 bits per heavy atom. The molecule has 2 aromatic carbocycles. The smallest absolute Gasteiger partial charge is 0.399 e. The number of nitrogens with two attached hydrogens (primary N) is 4. The highest BCUT2D eigenvalue weighted by Gasteiger charge is 2.51. The van der Waals surface area contributed by atoms with Crippen molar-refractivity contribution in [2.24, 2.45) is 0 Å². The molecule has 0 bridgehead atoms. The molecule has 1 aliphatic heterocycles. The van der Waals surface area contributed by atoms with Gasteiger partial charge in [0.1, 0.15) is 0 Å². The second-order valence-corrected chi connectivity index (χ2v) is 10.1. The topological polar surface area (TPSA) is 174 Å². The van der Waals surface area contributed by atoms with E-state index in [1.54, 1.807) is 61.2 Å². The van der Waals surface area contributed by atoms with Gasteiger partial charge in [-0.05, 0) is 91.6 Å². The first kappa shape index (κ1) is 28.8. The molecule has 1 saturated heterocycles. The highest BCUT2D eigenvalue weighted by molar-refractivity contribution is 9.10. The van der Waals surface area contributed by atoms with Crippen molar-refractivity contribution in [1.82, 2.24) is 19.9 Å². The van der Waals surface area contributed by atoms with Gasteiger partial charge in [-0.25, -0.2) is 19.9 Å². The van der Waals surface area contributed by atoms with E-state index in [9.17, 15) is 0 Å². The number of aromatic nitrogens is 4. The SMILES string of the molecule is Brc1ncccn1.CC1(C)OB(c2ccc(N)c(N)c2)OC1(C)C.Nc1ccc(-c2ncccn2)cc1N. The van der Waals surface area contributed by atoms with E-state index in [1.165, 1.54) is 0 Å². The minimum absolute atomic E-state index is 0.339. The van der Waals surface area contributed by atoms with Crippen molar-refractivity contribution in [3.05, 3.63) is 78.1 Å². The molecule has 8 N–H and O–H groups in total. The van der Waals surface area contributed by atoms with E-state index in [-0.39, 0.29) is 18.3 Å². The lowest BCUT2D eigenvalue weighted by atomic mass is 9.79. The van der Waals surface area contributed by atoms with Gasteiger partial charge in [-0.2, -0.15) is 0 Å². The Kier molecular flexibility index (Phi) is 9.26. The monoisotopic (exact) mass is 578 g/mol. The molecule has 0 aliphatic carbocycles. The Balaban J connectivity index is 0.000000171. The van der Waals surface area contributed by atoms with Crippen LogP contribution in [-0.4, -0.2) is 38.3 Å². The van der Waals surface area contributed by atoms with Crippen LogP contribution in [0.3, 0.4) is 0 Å². The lowest BCUT2D eigenvalue weighted by molar-refractivity contribution is 0.00578. The van der Waals surface area contributed by atoms with Crippen LogP contribution in [0.15, 0.2) is 78.1 Å². The predicted molar refractivity (Wildman–Crippen MR) is 157 cm³/mol. The van der Waals surface area contributed by atoms with E-state index in [4.69, 9.17) is 32.2 Å². The van der Waals surface area contributed by atoms with Gasteiger partial charge >= 0.3 is 7.12 Å². The first-order valence-electron chi connectivity index (χ1n) is 11.7. The number of halogens is 1. The van der Waals surface area contributed by atoms with E-state index in [0.717, 1.165) is 11.0 Å². The van der Waals surface area contributed by atoms with Gasteiger partial charge in [0.05, 0.1) is 34.0 Å². The zero-order valence-electron chi connectivity index (χ0n) is 21.8. The molecule has 1 fully saturated rings. The standard InChI is InChI=1S/C12H19BN2O2.C10H10N4.C4H3BrN2/c1-11(2)12(3,4)17-13(16-11)8-5-6-9(14)10(15)7-8;11-8-3-2-7(6-9(8)12)10-13-4-1-5-14-10;5-4-6-2-1-3-7-4/h5-7H,14-15H2,1-4H3;1-6H,11-12H2;1-3H. The normalized spacial score (nSPS) is 15.0. The van der Waals surface area contributed by atoms with Crippen molar-refractivity contribution >= 4 is 51.3 Å². The Labute approximate surface area is 231 Å². The largest absolute Gasteiger partial charge is 0.494 e. The van der Waals surface area contributed by atoms with Crippen LogP contribution in [0.25, 0.3) is 11.4 Å². The van der Waals surface area contributed by atoms with Crippen molar-refractivity contribution in [3.63, 3.8) is 0 Å². The van der Waals surface area contributed by atoms with E-state index in [2.05, 4.69) is 35.9 Å². The summed E-state index contributed by atoms with van der Waals surface area (Å²) in [6.07, 6.45) is 6.73. The van der Waals surface area contributed by atoms with Crippen molar-refractivity contribution in [2.75, 3.05) is 22.9 Å². The van der Waals surface area contributed by atoms with Crippen molar-refractivity contribution in [1.29, 1.82) is 0 Å². The molecular formula is C26H32BBrN8O2. The lowest BCUT2D eigenvalue weighted by Gasteiger charge is -2.32. The maximum absolute atomic E-state index is 5.93. The number of benzene rings is 2. The number of anilines is 4. The van der Waals surface area contributed by atoms with Gasteiger partial charge in [-0.3, -0.25) is 0 Å². The molecule has 0 radical (unpaired) electrons. The van der Waals surface area contributed by atoms with Gasteiger partial charge in [-0.1, -0.05) is 6.07 Å². The molecule has 1 aliphatic rings. The van der Waals surface area contributed by atoms with Crippen LogP contribution >= 0.6 is 15.9 Å². The van der Waals surface area contributed by atoms with E-state index in [1.807, 2.05) is 39.8 Å². The third-order valence-electron chi connectivity index (χ3n) is 6.08. The Morgan fingerprint density at radius 2 is 1.13 bits per heavy atom. The second kappa shape index (κ2) is 12.2. The molecule has 4 aromatic rings. The zero-order chi connectivity index (χ0) is 27.9. The van der Waals surface area contributed by atoms with Gasteiger partial charge in [0.2, 0.25) is 0 Å². The quantitative estimate of drug-likeness (QED) is 0.156. The molecule has 2 aromatic heterocycles. The number of hydrogen-bond donors (Lipinski definition) is 4. The molecule has 10 nitrogen and oxygen atoms in total. The van der Waals surface area contributed by atoms with Crippen molar-refractivity contribution in [3.8, 4) is 11.4 Å². The van der Waals surface area contributed by atoms with Crippen LogP contribution in [0, 0.1) is 0 Å². The summed E-state index contributed by atoms with van der Waals surface area (Å²) in [6.45, 7) is 8.09. The summed E-state index contributed by atoms with van der Waals surface area (Å²) in [6, 6.07) is 14.4. The summed E-state index contributed by atoms with van der Waals surface area (Å²) in [7, 11) is -0.386. The number of nitrogen functional groups attached to an aromatic ring is 4. The molecule has 0 unspecified atom stereocenters. The number of nitrogens with zero attached hydrogens (tertiary/aromatic N) is 4. The van der Waals surface area contributed by atoms with Gasteiger partial charge in [-0.15, -0.1) is 0 Å². The Hall–Kier alpha value is -3.74. The lowest BCUT2D eigenvalue weighted by Crippen LogP contribution is -2.41. The van der Waals surface area contributed by atoms with E-state index in [0.29, 0.717) is 33.3 Å². The van der Waals surface area contributed by atoms with E-state index >= 15 is 0 Å². The van der Waals surface area contributed by atoms with Crippen LogP contribution in [0.4, 0.5) is 22.7 Å². The van der Waals surface area contributed by atoms with Gasteiger partial charge in [0, 0.05) is 30.4 Å². The molecule has 3 heterocycles. The molecule has 0 spiro atoms. The Morgan fingerprint density at radius 3 is 1.58 bits per heavy atom. The van der Waals surface area contributed by atoms with Gasteiger partial charge in [0.25, 0.3) is 0 Å². The predicted octanol–water partition coefficient (Wildman–Crippen LogP) is 3.70. The molecule has 0 atom stereocenters. The first-order valence-corrected chi connectivity index (χ1v) is 12.5. The minimum atomic E-state index is -0.386. The number of hydrogen-bond acceptors (Lipinski definition) is 10. The van der Waals surface area contributed by atoms with Crippen LogP contribution in [-0.2, 0) is 9.31 Å². The summed E-state index contributed by atoms with van der Waals surface area (Å²) in [4.78, 5) is 15.8. The van der Waals surface area contributed by atoms with Gasteiger partial charge < -0.3 is 32.2 Å². The highest BCUT2D eigenvalue weighted by atomic mass is 79.9. The van der Waals surface area contributed by atoms with Crippen LogP contribution in [0.5, 0.6) is 0 Å². The molecule has 198 valence electrons. The molecule has 38 heavy (non-hydrogen) atoms. The molecule has 0 amide bonds. The summed E-state index contributed by atoms with van der Waals surface area (Å²) < 4.78 is 12.5. The fraction of sp³-hybridized carbons (Fsp3) is 0.231. The van der Waals surface area contributed by atoms with Crippen molar-refractivity contribution < 1.29 is 9.31 Å². The van der Waals surface area contributed by atoms with Gasteiger partial charge in [0.15, 0.2) is 10.6 Å². The summed E-state index contributed by atoms with van der Waals surface area (Å²) >= 11 is 3.09. The number of rotatable bonds is 2. The maximum atomic E-state index is 5.93. The third-order valence-corrected chi connectivity index (χ3v) is 6.49. The van der Waals surface area contributed by atoms with E-state index < -0.39 is 0 Å². The zero-order valence-corrected chi connectivity index (χ0v) is 23.4.